The molecule has 0 bridgehead atoms. The molecule has 0 aromatic heterocycles. The van der Waals surface area contributed by atoms with Gasteiger partial charge in [-0.3, -0.25) is 0 Å². The van der Waals surface area contributed by atoms with E-state index in [-0.39, 0.29) is 6.04 Å². The molecule has 0 N–H and O–H groups in total. The van der Waals surface area contributed by atoms with Crippen molar-refractivity contribution in [3.63, 3.8) is 0 Å². The van der Waals surface area contributed by atoms with Crippen LogP contribution in [0.1, 0.15) is 31.7 Å². The van der Waals surface area contributed by atoms with Crippen molar-refractivity contribution in [1.29, 1.82) is 0 Å². The maximum Gasteiger partial charge on any atom is 0.156 e. The molecule has 1 aliphatic heterocycles. The molecule has 1 fully saturated rings. The molecule has 0 amide bonds. The van der Waals surface area contributed by atoms with Crippen molar-refractivity contribution in [3.8, 4) is 12.5 Å². The fraction of sp³-hybridized carbons (Fsp3) is 0.455. The predicted molar refractivity (Wildman–Crippen MR) is 101 cm³/mol. The maximum atomic E-state index is 5.94. The lowest BCUT2D eigenvalue weighted by atomic mass is 9.74. The van der Waals surface area contributed by atoms with Crippen molar-refractivity contribution in [2.24, 2.45) is 5.92 Å². The van der Waals surface area contributed by atoms with Gasteiger partial charge in [-0.05, 0) is 42.4 Å². The van der Waals surface area contributed by atoms with Crippen LogP contribution in [0, 0.1) is 18.4 Å². The SMILES string of the molecule is C#CN1C(CC)CC2CC(OC)=C(OC)C=C2C1Cc1ccccc1. The van der Waals surface area contributed by atoms with Gasteiger partial charge in [0.25, 0.3) is 0 Å². The topological polar surface area (TPSA) is 21.7 Å². The number of terminal acetylenes is 1. The number of fused-ring (bicyclic) bond motifs is 1. The van der Waals surface area contributed by atoms with E-state index < -0.39 is 0 Å². The molecule has 3 unspecified atom stereocenters. The average molecular weight is 337 g/mol. The molecule has 3 heteroatoms. The smallest absolute Gasteiger partial charge is 0.156 e. The van der Waals surface area contributed by atoms with Gasteiger partial charge in [0, 0.05) is 18.5 Å². The van der Waals surface area contributed by atoms with Crippen LogP contribution in [0.2, 0.25) is 0 Å². The number of rotatable bonds is 5. The second kappa shape index (κ2) is 7.70. The second-order valence-electron chi connectivity index (χ2n) is 6.78. The van der Waals surface area contributed by atoms with Crippen molar-refractivity contribution < 1.29 is 9.47 Å². The standard InChI is InChI=1S/C22H27NO2/c1-5-18-13-17-14-21(24-3)22(25-4)15-19(17)20(23(18)6-2)12-16-10-8-7-9-11-16/h2,7-11,15,17-18,20H,5,12-14H2,1,3-4H3. The van der Waals surface area contributed by atoms with E-state index in [1.54, 1.807) is 14.2 Å². The largest absolute Gasteiger partial charge is 0.497 e. The van der Waals surface area contributed by atoms with Crippen LogP contribution in [-0.4, -0.2) is 31.2 Å². The molecular weight excluding hydrogens is 310 g/mol. The maximum absolute atomic E-state index is 5.94. The van der Waals surface area contributed by atoms with E-state index in [2.05, 4.69) is 54.3 Å². The highest BCUT2D eigenvalue weighted by Gasteiger charge is 2.40. The number of benzene rings is 1. The van der Waals surface area contributed by atoms with E-state index in [9.17, 15) is 0 Å². The zero-order valence-corrected chi connectivity index (χ0v) is 15.4. The Kier molecular flexibility index (Phi) is 5.38. The van der Waals surface area contributed by atoms with E-state index in [0.717, 1.165) is 37.2 Å². The molecule has 132 valence electrons. The van der Waals surface area contributed by atoms with E-state index in [4.69, 9.17) is 15.9 Å². The summed E-state index contributed by atoms with van der Waals surface area (Å²) in [4.78, 5) is 2.22. The van der Waals surface area contributed by atoms with E-state index in [1.807, 2.05) is 0 Å². The Morgan fingerprint density at radius 2 is 1.96 bits per heavy atom. The normalized spacial score (nSPS) is 25.8. The number of piperidine rings is 1. The van der Waals surface area contributed by atoms with Gasteiger partial charge in [0.15, 0.2) is 5.76 Å². The summed E-state index contributed by atoms with van der Waals surface area (Å²) in [5, 5.41) is 0. The molecule has 1 aromatic rings. The van der Waals surface area contributed by atoms with Gasteiger partial charge in [-0.25, -0.2) is 0 Å². The molecular formula is C22H27NO2. The number of methoxy groups -OCH3 is 2. The Hall–Kier alpha value is -2.34. The number of ether oxygens (including phenoxy) is 2. The highest BCUT2D eigenvalue weighted by atomic mass is 16.5. The summed E-state index contributed by atoms with van der Waals surface area (Å²) in [5.41, 5.74) is 2.69. The number of allylic oxidation sites excluding steroid dienone is 2. The minimum absolute atomic E-state index is 0.208. The Labute approximate surface area is 151 Å². The van der Waals surface area contributed by atoms with Crippen molar-refractivity contribution >= 4 is 0 Å². The summed E-state index contributed by atoms with van der Waals surface area (Å²) in [7, 11) is 3.43. The molecule has 1 saturated heterocycles. The van der Waals surface area contributed by atoms with Crippen LogP contribution in [-0.2, 0) is 15.9 Å². The Balaban J connectivity index is 2.00. The van der Waals surface area contributed by atoms with Gasteiger partial charge in [-0.2, -0.15) is 0 Å². The fourth-order valence-electron chi connectivity index (χ4n) is 4.21. The lowest BCUT2D eigenvalue weighted by Crippen LogP contribution is -2.49. The molecule has 0 spiro atoms. The predicted octanol–water partition coefficient (Wildman–Crippen LogP) is 4.12. The van der Waals surface area contributed by atoms with Gasteiger partial charge >= 0.3 is 0 Å². The number of hydrogen-bond donors (Lipinski definition) is 0. The van der Waals surface area contributed by atoms with E-state index in [0.29, 0.717) is 12.0 Å². The third kappa shape index (κ3) is 3.39. The lowest BCUT2D eigenvalue weighted by molar-refractivity contribution is 0.135. The Morgan fingerprint density at radius 3 is 2.56 bits per heavy atom. The van der Waals surface area contributed by atoms with Crippen molar-refractivity contribution in [3.05, 3.63) is 59.1 Å². The van der Waals surface area contributed by atoms with Gasteiger partial charge in [0.05, 0.1) is 20.3 Å². The minimum Gasteiger partial charge on any atom is -0.497 e. The Bertz CT molecular complexity index is 698. The summed E-state index contributed by atoms with van der Waals surface area (Å²) in [6, 6.07) is 14.2. The summed E-state index contributed by atoms with van der Waals surface area (Å²) < 4.78 is 11.1. The molecule has 2 aliphatic rings. The molecule has 3 rings (SSSR count). The molecule has 1 heterocycles. The minimum atomic E-state index is 0.208. The monoisotopic (exact) mass is 337 g/mol. The van der Waals surface area contributed by atoms with Crippen LogP contribution in [0.15, 0.2) is 53.5 Å². The summed E-state index contributed by atoms with van der Waals surface area (Å²) >= 11 is 0. The Morgan fingerprint density at radius 1 is 1.20 bits per heavy atom. The number of likely N-dealkylation sites (tertiary alicyclic amines) is 1. The number of nitrogens with zero attached hydrogens (tertiary/aromatic N) is 1. The van der Waals surface area contributed by atoms with Crippen molar-refractivity contribution in [2.75, 3.05) is 14.2 Å². The zero-order chi connectivity index (χ0) is 17.8. The summed E-state index contributed by atoms with van der Waals surface area (Å²) in [6.45, 7) is 2.22. The van der Waals surface area contributed by atoms with Crippen molar-refractivity contribution in [1.82, 2.24) is 4.90 Å². The van der Waals surface area contributed by atoms with Crippen LogP contribution in [0.25, 0.3) is 0 Å². The van der Waals surface area contributed by atoms with Crippen LogP contribution in [0.5, 0.6) is 0 Å². The first-order valence-electron chi connectivity index (χ1n) is 9.02. The lowest BCUT2D eigenvalue weighted by Gasteiger charge is -2.46. The highest BCUT2D eigenvalue weighted by molar-refractivity contribution is 5.36. The van der Waals surface area contributed by atoms with E-state index >= 15 is 0 Å². The number of hydrogen-bond acceptors (Lipinski definition) is 3. The first-order chi connectivity index (χ1) is 12.2. The second-order valence-corrected chi connectivity index (χ2v) is 6.78. The first-order valence-corrected chi connectivity index (χ1v) is 9.02. The van der Waals surface area contributed by atoms with Crippen LogP contribution in [0.4, 0.5) is 0 Å². The first kappa shape index (κ1) is 17.5. The fourth-order valence-corrected chi connectivity index (χ4v) is 4.21. The highest BCUT2D eigenvalue weighted by Crippen LogP contribution is 2.42. The third-order valence-electron chi connectivity index (χ3n) is 5.50. The molecule has 0 radical (unpaired) electrons. The average Bonchev–Trinajstić information content (AvgIpc) is 2.67. The van der Waals surface area contributed by atoms with Crippen LogP contribution < -0.4 is 0 Å². The van der Waals surface area contributed by atoms with E-state index in [1.165, 1.54) is 11.1 Å². The molecule has 3 atom stereocenters. The summed E-state index contributed by atoms with van der Waals surface area (Å²) in [6.07, 6.45) is 12.0. The van der Waals surface area contributed by atoms with Crippen LogP contribution >= 0.6 is 0 Å². The van der Waals surface area contributed by atoms with Gasteiger partial charge in [-0.15, -0.1) is 0 Å². The molecule has 25 heavy (non-hydrogen) atoms. The quantitative estimate of drug-likeness (QED) is 0.754. The molecule has 3 nitrogen and oxygen atoms in total. The molecule has 0 saturated carbocycles. The molecule has 1 aromatic carbocycles. The van der Waals surface area contributed by atoms with Crippen LogP contribution in [0.3, 0.4) is 0 Å². The van der Waals surface area contributed by atoms with Gasteiger partial charge in [0.2, 0.25) is 0 Å². The summed E-state index contributed by atoms with van der Waals surface area (Å²) in [5.74, 6) is 2.24. The molecule has 1 aliphatic carbocycles. The zero-order valence-electron chi connectivity index (χ0n) is 15.4. The third-order valence-corrected chi connectivity index (χ3v) is 5.50. The van der Waals surface area contributed by atoms with Gasteiger partial charge in [0.1, 0.15) is 5.76 Å². The van der Waals surface area contributed by atoms with Gasteiger partial charge in [-0.1, -0.05) is 43.7 Å². The van der Waals surface area contributed by atoms with Gasteiger partial charge < -0.3 is 14.4 Å². The van der Waals surface area contributed by atoms with Crippen molar-refractivity contribution in [2.45, 2.75) is 44.7 Å².